The molecular weight excluding hydrogens is 871 g/mol. The Morgan fingerprint density at radius 3 is 1.53 bits per heavy atom. The molecule has 4 fully saturated rings. The predicted octanol–water partition coefficient (Wildman–Crippen LogP) is 5.75. The van der Waals surface area contributed by atoms with E-state index in [9.17, 15) is 39.0 Å². The number of β-lactam (4-membered cyclic amide) rings is 2. The maximum absolute atomic E-state index is 13.1. The molecule has 0 aliphatic carbocycles. The number of benzene rings is 2. The Balaban J connectivity index is 0.000000179. The van der Waals surface area contributed by atoms with Crippen LogP contribution in [0.2, 0.25) is 15.1 Å². The van der Waals surface area contributed by atoms with E-state index < -0.39 is 80.0 Å². The van der Waals surface area contributed by atoms with Gasteiger partial charge in [0.15, 0.2) is 0 Å². The highest BCUT2D eigenvalue weighted by atomic mass is 35.5. The second-order valence-corrected chi connectivity index (χ2v) is 19.9. The Morgan fingerprint density at radius 2 is 1.08 bits per heavy atom. The van der Waals surface area contributed by atoms with E-state index in [2.05, 4.69) is 20.9 Å². The Bertz CT molecular complexity index is 2440. The topological polar surface area (TPSA) is 225 Å². The van der Waals surface area contributed by atoms with E-state index in [4.69, 9.17) is 43.8 Å². The summed E-state index contributed by atoms with van der Waals surface area (Å²) in [7, 11) is 0. The lowest BCUT2D eigenvalue weighted by Crippen LogP contribution is -2.70. The van der Waals surface area contributed by atoms with Gasteiger partial charge in [0, 0.05) is 20.6 Å². The molecule has 0 radical (unpaired) electrons. The molecule has 6 heterocycles. The first-order valence-electron chi connectivity index (χ1n) is 17.9. The molecule has 310 valence electrons. The van der Waals surface area contributed by atoms with Crippen molar-refractivity contribution in [2.24, 2.45) is 0 Å². The van der Waals surface area contributed by atoms with Gasteiger partial charge in [0.2, 0.25) is 11.8 Å². The molecule has 2 aromatic heterocycles. The van der Waals surface area contributed by atoms with Crippen LogP contribution in [0.1, 0.15) is 59.9 Å². The molecule has 0 bridgehead atoms. The van der Waals surface area contributed by atoms with Crippen LogP contribution in [-0.2, 0) is 19.2 Å². The summed E-state index contributed by atoms with van der Waals surface area (Å²) in [6, 6.07) is 8.27. The molecule has 0 saturated carbocycles. The molecule has 21 heteroatoms. The molecule has 0 spiro atoms. The minimum absolute atomic E-state index is 0.119. The first kappa shape index (κ1) is 42.4. The van der Waals surface area contributed by atoms with Gasteiger partial charge in [0.05, 0.1) is 15.1 Å². The number of halogens is 3. The van der Waals surface area contributed by atoms with Gasteiger partial charge in [-0.05, 0) is 59.7 Å². The maximum Gasteiger partial charge on any atom is 0.327 e. The highest BCUT2D eigenvalue weighted by molar-refractivity contribution is 8.02. The Labute approximate surface area is 359 Å². The average molecular weight is 906 g/mol. The molecule has 0 unspecified atom stereocenters. The number of carbonyl (C=O) groups excluding carboxylic acids is 4. The number of rotatable bonds is 8. The SMILES string of the molecule is Cc1onc(-c2c(Cl)cccc2Cl)c1C(=O)N[C@@H]1C(=O)N2[C@@H]1SC(C)(C)[C@@H]2C(=O)O.Cc1onc(-c2ccccc2Cl)c1C(=O)N[C@@H]1C(=O)N2[C@@H]1SC(C)(C)[C@@H]2C(=O)O. The van der Waals surface area contributed by atoms with Crippen molar-refractivity contribution in [3.8, 4) is 22.5 Å². The second kappa shape index (κ2) is 15.4. The van der Waals surface area contributed by atoms with E-state index >= 15 is 0 Å². The number of nitrogens with zero attached hydrogens (tertiary/aromatic N) is 4. The normalized spacial score (nSPS) is 24.6. The summed E-state index contributed by atoms with van der Waals surface area (Å²) in [5.41, 5.74) is 1.67. The number of aromatic nitrogens is 2. The first-order valence-corrected chi connectivity index (χ1v) is 20.8. The van der Waals surface area contributed by atoms with Crippen LogP contribution >= 0.6 is 58.3 Å². The van der Waals surface area contributed by atoms with E-state index in [-0.39, 0.29) is 28.3 Å². The molecule has 4 saturated heterocycles. The molecule has 4 aliphatic heterocycles. The lowest BCUT2D eigenvalue weighted by Gasteiger charge is -2.43. The number of fused-ring (bicyclic) bond motifs is 2. The van der Waals surface area contributed by atoms with Crippen molar-refractivity contribution in [1.29, 1.82) is 0 Å². The van der Waals surface area contributed by atoms with Gasteiger partial charge in [-0.1, -0.05) is 69.4 Å². The third kappa shape index (κ3) is 7.11. The molecule has 59 heavy (non-hydrogen) atoms. The van der Waals surface area contributed by atoms with Crippen molar-refractivity contribution in [3.63, 3.8) is 0 Å². The van der Waals surface area contributed by atoms with Crippen LogP contribution < -0.4 is 10.6 Å². The standard InChI is InChI=1S/C19H17Cl2N3O5S.C19H18ClN3O5S/c1-7-10(12(23-29-7)11-8(20)5-4-6-9(11)21)15(25)22-13-16(26)24-14(18(27)28)19(2,3)30-17(13)24;1-8-11(12(22-28-8)9-6-4-5-7-10(9)20)15(24)21-13-16(25)23-14(18(26)27)19(2,3)29-17(13)23/h4-6,13-14,17H,1-3H3,(H,22,25)(H,27,28);4-7,13-14,17H,1-3H3,(H,21,24)(H,26,27)/t2*13-,14+,17-/m11/s1. The minimum Gasteiger partial charge on any atom is -0.480 e. The molecule has 2 aromatic carbocycles. The van der Waals surface area contributed by atoms with Gasteiger partial charge in [-0.25, -0.2) is 9.59 Å². The van der Waals surface area contributed by atoms with Crippen LogP contribution in [0.3, 0.4) is 0 Å². The number of amides is 4. The highest BCUT2D eigenvalue weighted by Crippen LogP contribution is 2.52. The van der Waals surface area contributed by atoms with Gasteiger partial charge in [-0.2, -0.15) is 0 Å². The number of thioether (sulfide) groups is 2. The van der Waals surface area contributed by atoms with Crippen LogP contribution in [0.25, 0.3) is 22.5 Å². The maximum atomic E-state index is 13.1. The van der Waals surface area contributed by atoms with Crippen LogP contribution in [-0.4, -0.2) is 110 Å². The van der Waals surface area contributed by atoms with E-state index in [1.165, 1.54) is 33.3 Å². The van der Waals surface area contributed by atoms with E-state index in [0.717, 1.165) is 0 Å². The van der Waals surface area contributed by atoms with E-state index in [0.29, 0.717) is 32.0 Å². The molecule has 16 nitrogen and oxygen atoms in total. The van der Waals surface area contributed by atoms with Gasteiger partial charge in [0.1, 0.15) is 69.0 Å². The number of carboxylic acid groups (broad SMARTS) is 2. The number of hydrogen-bond acceptors (Lipinski definition) is 12. The molecule has 4 N–H and O–H groups in total. The zero-order valence-corrected chi connectivity index (χ0v) is 35.8. The zero-order chi connectivity index (χ0) is 43.0. The Kier molecular flexibility index (Phi) is 11.0. The summed E-state index contributed by atoms with van der Waals surface area (Å²) < 4.78 is 9.06. The summed E-state index contributed by atoms with van der Waals surface area (Å²) >= 11 is 21.4. The first-order chi connectivity index (χ1) is 27.7. The lowest BCUT2D eigenvalue weighted by molar-refractivity contribution is -0.159. The number of carbonyl (C=O) groups is 6. The van der Waals surface area contributed by atoms with Crippen molar-refractivity contribution >= 4 is 93.9 Å². The molecule has 4 amide bonds. The molecule has 4 aliphatic rings. The van der Waals surface area contributed by atoms with Crippen molar-refractivity contribution < 1.29 is 48.0 Å². The quantitative estimate of drug-likeness (QED) is 0.155. The van der Waals surface area contributed by atoms with Crippen molar-refractivity contribution in [2.75, 3.05) is 0 Å². The third-order valence-corrected chi connectivity index (χ3v) is 14.5. The molecular formula is C38H35Cl3N6O10S2. The number of aryl methyl sites for hydroxylation is 2. The molecule has 8 rings (SSSR count). The third-order valence-electron chi connectivity index (χ3n) is 10.4. The van der Waals surface area contributed by atoms with Gasteiger partial charge in [0.25, 0.3) is 11.8 Å². The van der Waals surface area contributed by atoms with Gasteiger partial charge < -0.3 is 39.7 Å². The van der Waals surface area contributed by atoms with Gasteiger partial charge >= 0.3 is 11.9 Å². The Hall–Kier alpha value is -4.75. The summed E-state index contributed by atoms with van der Waals surface area (Å²) in [6.07, 6.45) is 0. The lowest BCUT2D eigenvalue weighted by atomic mass is 9.95. The van der Waals surface area contributed by atoms with Crippen LogP contribution in [0.4, 0.5) is 0 Å². The Morgan fingerprint density at radius 1 is 0.678 bits per heavy atom. The average Bonchev–Trinajstić information content (AvgIpc) is 3.87. The smallest absolute Gasteiger partial charge is 0.327 e. The van der Waals surface area contributed by atoms with Gasteiger partial charge in [-0.3, -0.25) is 19.2 Å². The summed E-state index contributed by atoms with van der Waals surface area (Å²) in [5.74, 6) is -3.54. The zero-order valence-electron chi connectivity index (χ0n) is 31.9. The van der Waals surface area contributed by atoms with Crippen LogP contribution in [0.15, 0.2) is 51.5 Å². The monoisotopic (exact) mass is 904 g/mol. The minimum atomic E-state index is -1.07. The largest absolute Gasteiger partial charge is 0.480 e. The second-order valence-electron chi connectivity index (χ2n) is 15.1. The van der Waals surface area contributed by atoms with Crippen LogP contribution in [0, 0.1) is 13.8 Å². The predicted molar refractivity (Wildman–Crippen MR) is 218 cm³/mol. The number of carboxylic acids is 2. The van der Waals surface area contributed by atoms with Crippen LogP contribution in [0.5, 0.6) is 0 Å². The summed E-state index contributed by atoms with van der Waals surface area (Å²) in [6.45, 7) is 10.3. The fourth-order valence-electron chi connectivity index (χ4n) is 7.73. The molecule has 4 aromatic rings. The fraction of sp³-hybridized carbons (Fsp3) is 0.368. The van der Waals surface area contributed by atoms with Crippen molar-refractivity contribution in [1.82, 2.24) is 30.7 Å². The summed E-state index contributed by atoms with van der Waals surface area (Å²) in [4.78, 5) is 77.2. The number of hydrogen-bond donors (Lipinski definition) is 4. The van der Waals surface area contributed by atoms with Crippen molar-refractivity contribution in [3.05, 3.63) is 80.2 Å². The number of aliphatic carboxylic acids is 2. The van der Waals surface area contributed by atoms with Gasteiger partial charge in [-0.15, -0.1) is 23.5 Å². The summed E-state index contributed by atoms with van der Waals surface area (Å²) in [5, 5.41) is 32.5. The highest BCUT2D eigenvalue weighted by Gasteiger charge is 2.65. The number of nitrogens with one attached hydrogen (secondary N) is 2. The van der Waals surface area contributed by atoms with E-state index in [1.54, 1.807) is 84.0 Å². The van der Waals surface area contributed by atoms with E-state index in [1.807, 2.05) is 0 Å². The van der Waals surface area contributed by atoms with Crippen molar-refractivity contribution in [2.45, 2.75) is 86.0 Å². The molecule has 6 atom stereocenters. The fourth-order valence-corrected chi connectivity index (χ4v) is 11.8.